The van der Waals surface area contributed by atoms with Crippen molar-refractivity contribution in [1.82, 2.24) is 24.5 Å². The van der Waals surface area contributed by atoms with Crippen molar-refractivity contribution in [1.29, 1.82) is 0 Å². The van der Waals surface area contributed by atoms with E-state index >= 15 is 0 Å². The summed E-state index contributed by atoms with van der Waals surface area (Å²) < 4.78 is 12.6. The summed E-state index contributed by atoms with van der Waals surface area (Å²) in [6.45, 7) is 3.41. The van der Waals surface area contributed by atoms with Gasteiger partial charge in [-0.05, 0) is 29.6 Å². The van der Waals surface area contributed by atoms with Crippen molar-refractivity contribution in [3.8, 4) is 10.7 Å². The number of rotatable bonds is 6. The third-order valence-electron chi connectivity index (χ3n) is 5.33. The van der Waals surface area contributed by atoms with E-state index < -0.39 is 0 Å². The van der Waals surface area contributed by atoms with Crippen molar-refractivity contribution < 1.29 is 13.7 Å². The van der Waals surface area contributed by atoms with Crippen LogP contribution in [0.5, 0.6) is 0 Å². The number of furan rings is 1. The lowest BCUT2D eigenvalue weighted by atomic mass is 10.3. The van der Waals surface area contributed by atoms with Gasteiger partial charge in [-0.25, -0.2) is 0 Å². The minimum Gasteiger partial charge on any atom is -0.454 e. The molecule has 0 spiro atoms. The Morgan fingerprint density at radius 2 is 1.91 bits per heavy atom. The highest BCUT2D eigenvalue weighted by atomic mass is 32.1. The van der Waals surface area contributed by atoms with Crippen LogP contribution in [-0.2, 0) is 13.1 Å². The van der Waals surface area contributed by atoms with Crippen LogP contribution in [0.3, 0.4) is 0 Å². The summed E-state index contributed by atoms with van der Waals surface area (Å²) in [5.41, 5.74) is -0.114. The van der Waals surface area contributed by atoms with E-state index in [1.165, 1.54) is 10.6 Å². The van der Waals surface area contributed by atoms with Crippen LogP contribution in [0.4, 0.5) is 0 Å². The highest BCUT2D eigenvalue weighted by molar-refractivity contribution is 7.13. The molecule has 32 heavy (non-hydrogen) atoms. The van der Waals surface area contributed by atoms with Crippen LogP contribution in [0.15, 0.2) is 67.8 Å². The van der Waals surface area contributed by atoms with Gasteiger partial charge in [0.2, 0.25) is 11.7 Å². The molecule has 4 aromatic rings. The minimum absolute atomic E-state index is 0.114. The standard InChI is InChI=1S/C22H21N5O4S/c28-20-5-1-2-8-27(20)14-16-6-7-17(30-16)22(29)26-11-9-25(10-12-26)15-19-23-21(24-31-19)18-4-3-13-32-18/h1-8,13H,9-12,14-15H2. The van der Waals surface area contributed by atoms with Gasteiger partial charge in [0.05, 0.1) is 18.0 Å². The Morgan fingerprint density at radius 1 is 1.03 bits per heavy atom. The van der Waals surface area contributed by atoms with Crippen molar-refractivity contribution in [2.24, 2.45) is 0 Å². The van der Waals surface area contributed by atoms with Gasteiger partial charge in [-0.2, -0.15) is 4.98 Å². The van der Waals surface area contributed by atoms with Gasteiger partial charge in [0.25, 0.3) is 11.5 Å². The Morgan fingerprint density at radius 3 is 2.69 bits per heavy atom. The zero-order valence-corrected chi connectivity index (χ0v) is 18.0. The van der Waals surface area contributed by atoms with E-state index in [2.05, 4.69) is 15.0 Å². The minimum atomic E-state index is -0.144. The first kappa shape index (κ1) is 20.4. The maximum atomic E-state index is 12.8. The fraction of sp³-hybridized carbons (Fsp3) is 0.273. The summed E-state index contributed by atoms with van der Waals surface area (Å²) >= 11 is 1.57. The maximum Gasteiger partial charge on any atom is 0.289 e. The molecule has 0 atom stereocenters. The van der Waals surface area contributed by atoms with E-state index in [1.54, 1.807) is 46.7 Å². The molecule has 0 radical (unpaired) electrons. The van der Waals surface area contributed by atoms with Crippen molar-refractivity contribution in [2.75, 3.05) is 26.2 Å². The monoisotopic (exact) mass is 451 g/mol. The van der Waals surface area contributed by atoms with Gasteiger partial charge >= 0.3 is 0 Å². The topological polar surface area (TPSA) is 97.6 Å². The predicted octanol–water partition coefficient (Wildman–Crippen LogP) is 2.56. The molecule has 164 valence electrons. The van der Waals surface area contributed by atoms with E-state index in [0.717, 1.165) is 4.88 Å². The molecule has 5 rings (SSSR count). The highest BCUT2D eigenvalue weighted by Crippen LogP contribution is 2.22. The number of carbonyl (C=O) groups excluding carboxylic acids is 1. The molecule has 0 bridgehead atoms. The maximum absolute atomic E-state index is 12.8. The average Bonchev–Trinajstić information content (AvgIpc) is 3.57. The Hall–Kier alpha value is -3.50. The number of amides is 1. The molecule has 0 N–H and O–H groups in total. The quantitative estimate of drug-likeness (QED) is 0.444. The van der Waals surface area contributed by atoms with Crippen LogP contribution in [0.25, 0.3) is 10.7 Å². The van der Waals surface area contributed by atoms with Gasteiger partial charge < -0.3 is 18.4 Å². The Kier molecular flexibility index (Phi) is 5.70. The lowest BCUT2D eigenvalue weighted by Gasteiger charge is -2.33. The van der Waals surface area contributed by atoms with Gasteiger partial charge in [-0.15, -0.1) is 11.3 Å². The summed E-state index contributed by atoms with van der Waals surface area (Å²) in [6.07, 6.45) is 1.69. The first-order chi connectivity index (χ1) is 15.7. The number of hydrogen-bond acceptors (Lipinski definition) is 8. The van der Waals surface area contributed by atoms with E-state index in [1.807, 2.05) is 17.5 Å². The third kappa shape index (κ3) is 4.41. The van der Waals surface area contributed by atoms with Gasteiger partial charge in [0, 0.05) is 38.4 Å². The van der Waals surface area contributed by atoms with Crippen LogP contribution < -0.4 is 5.56 Å². The second-order valence-corrected chi connectivity index (χ2v) is 8.44. The lowest BCUT2D eigenvalue weighted by molar-refractivity contribution is 0.0583. The predicted molar refractivity (Wildman–Crippen MR) is 117 cm³/mol. The highest BCUT2D eigenvalue weighted by Gasteiger charge is 2.25. The Balaban J connectivity index is 1.15. The fourth-order valence-electron chi connectivity index (χ4n) is 3.62. The number of carbonyl (C=O) groups is 1. The molecule has 0 aliphatic carbocycles. The molecule has 5 heterocycles. The summed E-state index contributed by atoms with van der Waals surface area (Å²) in [4.78, 5) is 34.1. The normalized spacial score (nSPS) is 14.7. The SMILES string of the molecule is O=C(c1ccc(Cn2ccccc2=O)o1)N1CCN(Cc2nc(-c3cccs3)no2)CC1. The molecule has 0 unspecified atom stereocenters. The number of pyridine rings is 1. The van der Waals surface area contributed by atoms with Gasteiger partial charge in [-0.3, -0.25) is 14.5 Å². The zero-order chi connectivity index (χ0) is 21.9. The smallest absolute Gasteiger partial charge is 0.289 e. The van der Waals surface area contributed by atoms with Crippen molar-refractivity contribution in [3.63, 3.8) is 0 Å². The van der Waals surface area contributed by atoms with Crippen LogP contribution >= 0.6 is 11.3 Å². The first-order valence-electron chi connectivity index (χ1n) is 10.3. The molecule has 0 saturated carbocycles. The molecule has 0 aromatic carbocycles. The van der Waals surface area contributed by atoms with Gasteiger partial charge in [-0.1, -0.05) is 17.3 Å². The van der Waals surface area contributed by atoms with Crippen LogP contribution in [0, 0.1) is 0 Å². The lowest BCUT2D eigenvalue weighted by Crippen LogP contribution is -2.48. The molecule has 1 aliphatic heterocycles. The fourth-order valence-corrected chi connectivity index (χ4v) is 4.27. The summed E-state index contributed by atoms with van der Waals surface area (Å²) in [6, 6.07) is 12.3. The van der Waals surface area contributed by atoms with Crippen molar-refractivity contribution >= 4 is 17.2 Å². The van der Waals surface area contributed by atoms with E-state index in [0.29, 0.717) is 56.7 Å². The molecular weight excluding hydrogens is 430 g/mol. The number of nitrogens with zero attached hydrogens (tertiary/aromatic N) is 5. The number of aromatic nitrogens is 3. The average molecular weight is 452 g/mol. The molecule has 1 aliphatic rings. The third-order valence-corrected chi connectivity index (χ3v) is 6.19. The van der Waals surface area contributed by atoms with Crippen LogP contribution in [0.1, 0.15) is 22.2 Å². The second kappa shape index (κ2) is 8.93. The number of thiophene rings is 1. The molecular formula is C22H21N5O4S. The molecule has 10 heteroatoms. The molecule has 1 amide bonds. The molecule has 9 nitrogen and oxygen atoms in total. The van der Waals surface area contributed by atoms with E-state index in [-0.39, 0.29) is 17.2 Å². The molecule has 4 aromatic heterocycles. The van der Waals surface area contributed by atoms with Crippen LogP contribution in [0.2, 0.25) is 0 Å². The van der Waals surface area contributed by atoms with Gasteiger partial charge in [0.1, 0.15) is 5.76 Å². The zero-order valence-electron chi connectivity index (χ0n) is 17.2. The van der Waals surface area contributed by atoms with E-state index in [9.17, 15) is 9.59 Å². The summed E-state index contributed by atoms with van der Waals surface area (Å²) in [5, 5.41) is 6.02. The largest absolute Gasteiger partial charge is 0.454 e. The summed E-state index contributed by atoms with van der Waals surface area (Å²) in [7, 11) is 0. The second-order valence-electron chi connectivity index (χ2n) is 7.49. The van der Waals surface area contributed by atoms with Gasteiger partial charge in [0.15, 0.2) is 5.76 Å². The molecule has 1 saturated heterocycles. The van der Waals surface area contributed by atoms with E-state index in [4.69, 9.17) is 8.94 Å². The number of hydrogen-bond donors (Lipinski definition) is 0. The summed E-state index contributed by atoms with van der Waals surface area (Å²) in [5.74, 6) is 1.89. The van der Waals surface area contributed by atoms with Crippen molar-refractivity contribution in [3.05, 3.63) is 81.8 Å². The Labute approximate surface area is 187 Å². The molecule has 1 fully saturated rings. The number of piperazine rings is 1. The van der Waals surface area contributed by atoms with Crippen molar-refractivity contribution in [2.45, 2.75) is 13.1 Å². The Bertz CT molecular complexity index is 1250. The first-order valence-corrected chi connectivity index (χ1v) is 11.2. The van der Waals surface area contributed by atoms with Crippen LogP contribution in [-0.4, -0.2) is 56.6 Å².